The van der Waals surface area contributed by atoms with Gasteiger partial charge in [-0.25, -0.2) is 15.0 Å². The van der Waals surface area contributed by atoms with E-state index in [-0.39, 0.29) is 0 Å². The number of nitrogens with one attached hydrogen (secondary N) is 6. The van der Waals surface area contributed by atoms with Crippen LogP contribution in [0.15, 0.2) is 165 Å². The van der Waals surface area contributed by atoms with Crippen molar-refractivity contribution in [1.82, 2.24) is 49.8 Å². The van der Waals surface area contributed by atoms with Crippen molar-refractivity contribution in [2.45, 2.75) is 6.92 Å². The van der Waals surface area contributed by atoms with Crippen LogP contribution in [-0.2, 0) is 0 Å². The van der Waals surface area contributed by atoms with Gasteiger partial charge in [0.2, 0.25) is 0 Å². The molecule has 0 saturated heterocycles. The summed E-state index contributed by atoms with van der Waals surface area (Å²) in [5.41, 5.74) is 6.42. The Morgan fingerprint density at radius 3 is 1.83 bits per heavy atom. The molecule has 0 bridgehead atoms. The average Bonchev–Trinajstić information content (AvgIpc) is 3.98. The van der Waals surface area contributed by atoms with Gasteiger partial charge in [-0.1, -0.05) is 18.2 Å². The number of aromatic nitrogens is 10. The summed E-state index contributed by atoms with van der Waals surface area (Å²) in [6, 6.07) is 30.1. The van der Waals surface area contributed by atoms with E-state index in [4.69, 9.17) is 0 Å². The lowest BCUT2D eigenvalue weighted by atomic mass is 10.3. The number of hydrogen-bond donors (Lipinski definition) is 6. The van der Waals surface area contributed by atoms with Gasteiger partial charge in [-0.2, -0.15) is 0 Å². The summed E-state index contributed by atoms with van der Waals surface area (Å²) in [7, 11) is 0. The van der Waals surface area contributed by atoms with Crippen molar-refractivity contribution in [2.75, 3.05) is 0 Å². The van der Waals surface area contributed by atoms with Crippen LogP contribution in [0.4, 0.5) is 0 Å². The Labute approximate surface area is 271 Å². The first-order valence-electron chi connectivity index (χ1n) is 14.9. The molecule has 0 aliphatic heterocycles. The highest BCUT2D eigenvalue weighted by molar-refractivity contribution is 5.79. The van der Waals surface area contributed by atoms with E-state index in [2.05, 4.69) is 68.0 Å². The maximum absolute atomic E-state index is 4.09. The van der Waals surface area contributed by atoms with E-state index in [1.165, 1.54) is 28.3 Å². The molecule has 10 aromatic rings. The van der Waals surface area contributed by atoms with Gasteiger partial charge in [0, 0.05) is 77.8 Å². The zero-order chi connectivity index (χ0) is 32.4. The maximum Gasteiger partial charge on any atom is 0.137 e. The second-order valence-electron chi connectivity index (χ2n) is 9.96. The summed E-state index contributed by atoms with van der Waals surface area (Å²) in [5.74, 6) is 0. The van der Waals surface area contributed by atoms with Gasteiger partial charge in [0.1, 0.15) is 12.0 Å². The van der Waals surface area contributed by atoms with Gasteiger partial charge < -0.3 is 29.9 Å². The third-order valence-corrected chi connectivity index (χ3v) is 6.61. The molecule has 0 aliphatic carbocycles. The van der Waals surface area contributed by atoms with Crippen LogP contribution in [0.25, 0.3) is 43.9 Å². The van der Waals surface area contributed by atoms with E-state index in [0.717, 1.165) is 27.6 Å². The summed E-state index contributed by atoms with van der Waals surface area (Å²) in [5, 5.41) is 3.65. The second-order valence-corrected chi connectivity index (χ2v) is 9.96. The lowest BCUT2D eigenvalue weighted by molar-refractivity contribution is 1.22. The summed E-state index contributed by atoms with van der Waals surface area (Å²) in [6.07, 6.45) is 21.9. The standard InChI is InChI=1S/C8H7N.2C7H6N2.C6H5N3.C5H7N.C4H5N/c1-2-4-8-7(3-1)5-6-9-8;1-3-8-5-7-6(1)2-4-9-7;1-2-6-3-5-9-7(6)8-4-1;1-2-8-6-3-7-4-9-5(1)6;1-5-3-2-4-6-5;1-2-4-5-3-1/h1-6,9H;1-5,9H;1-5H,(H,8,9);1-4,8H;2-4,6H,1H3;1-5H. The molecule has 6 N–H and O–H groups in total. The fourth-order valence-corrected chi connectivity index (χ4v) is 4.26. The fraction of sp³-hybridized carbons (Fsp3) is 0.0270. The Bertz CT molecular complexity index is 1830. The predicted octanol–water partition coefficient (Wildman–Crippen LogP) is 8.59. The minimum atomic E-state index is 0.956. The highest BCUT2D eigenvalue weighted by Crippen LogP contribution is 2.09. The first-order chi connectivity index (χ1) is 23.3. The van der Waals surface area contributed by atoms with Crippen molar-refractivity contribution in [1.29, 1.82) is 0 Å². The Balaban J connectivity index is 0.000000112. The van der Waals surface area contributed by atoms with Crippen molar-refractivity contribution in [2.24, 2.45) is 0 Å². The van der Waals surface area contributed by atoms with Crippen molar-refractivity contribution < 1.29 is 0 Å². The third kappa shape index (κ3) is 10.2. The van der Waals surface area contributed by atoms with Gasteiger partial charge in [-0.15, -0.1) is 0 Å². The van der Waals surface area contributed by atoms with Gasteiger partial charge >= 0.3 is 0 Å². The van der Waals surface area contributed by atoms with Crippen molar-refractivity contribution in [3.8, 4) is 0 Å². The minimum absolute atomic E-state index is 0.956. The molecule has 10 rings (SSSR count). The lowest BCUT2D eigenvalue weighted by Crippen LogP contribution is -1.74. The van der Waals surface area contributed by atoms with E-state index in [1.54, 1.807) is 18.6 Å². The van der Waals surface area contributed by atoms with Gasteiger partial charge in [0.15, 0.2) is 0 Å². The smallest absolute Gasteiger partial charge is 0.137 e. The molecule has 9 aromatic heterocycles. The Morgan fingerprint density at radius 2 is 1.15 bits per heavy atom. The number of hydrogen-bond acceptors (Lipinski definition) is 4. The maximum atomic E-state index is 4.09. The molecule has 0 unspecified atom stereocenters. The van der Waals surface area contributed by atoms with Crippen LogP contribution in [0, 0.1) is 6.92 Å². The zero-order valence-electron chi connectivity index (χ0n) is 25.9. The quantitative estimate of drug-likeness (QED) is 0.101. The van der Waals surface area contributed by atoms with Crippen LogP contribution in [0.5, 0.6) is 0 Å². The number of aromatic amines is 6. The topological polar surface area (TPSA) is 146 Å². The van der Waals surface area contributed by atoms with E-state index < -0.39 is 0 Å². The number of pyridine rings is 2. The number of aryl methyl sites for hydroxylation is 1. The summed E-state index contributed by atoms with van der Waals surface area (Å²) in [4.78, 5) is 33.9. The molecule has 10 heteroatoms. The molecule has 0 atom stereocenters. The molecule has 9 heterocycles. The number of H-pyrrole nitrogens is 6. The van der Waals surface area contributed by atoms with Crippen molar-refractivity contribution >= 4 is 43.9 Å². The summed E-state index contributed by atoms with van der Waals surface area (Å²) >= 11 is 0. The molecule has 234 valence electrons. The number of para-hydroxylation sites is 1. The van der Waals surface area contributed by atoms with Gasteiger partial charge in [-0.3, -0.25) is 4.98 Å². The molecule has 0 radical (unpaired) electrons. The van der Waals surface area contributed by atoms with Crippen molar-refractivity contribution in [3.05, 3.63) is 171 Å². The average molecular weight is 621 g/mol. The van der Waals surface area contributed by atoms with Crippen molar-refractivity contribution in [3.63, 3.8) is 0 Å². The zero-order valence-corrected chi connectivity index (χ0v) is 25.9. The summed E-state index contributed by atoms with van der Waals surface area (Å²) < 4.78 is 0. The highest BCUT2D eigenvalue weighted by Gasteiger charge is 1.90. The van der Waals surface area contributed by atoms with Crippen LogP contribution in [0.3, 0.4) is 0 Å². The highest BCUT2D eigenvalue weighted by atomic mass is 14.9. The van der Waals surface area contributed by atoms with Crippen LogP contribution >= 0.6 is 0 Å². The lowest BCUT2D eigenvalue weighted by Gasteiger charge is -1.83. The molecule has 0 spiro atoms. The van der Waals surface area contributed by atoms with Crippen LogP contribution in [0.1, 0.15) is 5.69 Å². The molecular weight excluding hydrogens is 584 g/mol. The van der Waals surface area contributed by atoms with Crippen LogP contribution in [0.2, 0.25) is 0 Å². The molecule has 10 nitrogen and oxygen atoms in total. The Kier molecular flexibility index (Phi) is 11.9. The monoisotopic (exact) mass is 620 g/mol. The SMILES string of the molecule is Cc1ccc[nH]1.c1cc2cc[nH]c2cn1.c1cc[nH]c1.c1ccc2[nH]ccc2c1.c1cnc2[nH]ccc2c1.c1ncc2[nH]ccc2n1. The normalized spacial score (nSPS) is 9.81. The Morgan fingerprint density at radius 1 is 0.447 bits per heavy atom. The Hall–Kier alpha value is -6.68. The number of rotatable bonds is 0. The van der Waals surface area contributed by atoms with Gasteiger partial charge in [-0.05, 0) is 85.1 Å². The summed E-state index contributed by atoms with van der Waals surface area (Å²) in [6.45, 7) is 2.03. The number of nitrogens with zero attached hydrogens (tertiary/aromatic N) is 4. The van der Waals surface area contributed by atoms with E-state index in [0.29, 0.717) is 0 Å². The molecule has 0 amide bonds. The number of fused-ring (bicyclic) bond motifs is 4. The number of benzene rings is 1. The molecule has 1 aromatic carbocycles. The minimum Gasteiger partial charge on any atom is -0.368 e. The fourth-order valence-electron chi connectivity index (χ4n) is 4.26. The van der Waals surface area contributed by atoms with E-state index in [1.807, 2.05) is 129 Å². The predicted molar refractivity (Wildman–Crippen MR) is 191 cm³/mol. The molecule has 0 fully saturated rings. The molecule has 0 saturated carbocycles. The van der Waals surface area contributed by atoms with Crippen LogP contribution in [-0.4, -0.2) is 49.8 Å². The van der Waals surface area contributed by atoms with Gasteiger partial charge in [0.05, 0.1) is 28.9 Å². The third-order valence-electron chi connectivity index (χ3n) is 6.61. The second kappa shape index (κ2) is 17.6. The first kappa shape index (κ1) is 31.7. The molecular formula is C37H36N10. The van der Waals surface area contributed by atoms with E-state index in [9.17, 15) is 0 Å². The first-order valence-corrected chi connectivity index (χ1v) is 14.9. The largest absolute Gasteiger partial charge is 0.368 e. The molecule has 0 aliphatic rings. The van der Waals surface area contributed by atoms with E-state index >= 15 is 0 Å². The van der Waals surface area contributed by atoms with Crippen LogP contribution < -0.4 is 0 Å². The molecule has 47 heavy (non-hydrogen) atoms. The van der Waals surface area contributed by atoms with Gasteiger partial charge in [0.25, 0.3) is 0 Å².